The molecule has 2 unspecified atom stereocenters. The molecule has 0 radical (unpaired) electrons. The molecule has 0 aromatic carbocycles. The summed E-state index contributed by atoms with van der Waals surface area (Å²) in [7, 11) is -3.13. The molecule has 0 amide bonds. The van der Waals surface area contributed by atoms with Gasteiger partial charge in [-0.05, 0) is 6.42 Å². The van der Waals surface area contributed by atoms with Crippen molar-refractivity contribution in [3.05, 3.63) is 0 Å². The predicted octanol–water partition coefficient (Wildman–Crippen LogP) is -0.382. The Morgan fingerprint density at radius 1 is 1.55 bits per heavy atom. The Morgan fingerprint density at radius 2 is 2.00 bits per heavy atom. The summed E-state index contributed by atoms with van der Waals surface area (Å²) < 4.78 is 33.6. The van der Waals surface area contributed by atoms with Gasteiger partial charge in [-0.15, -0.1) is 0 Å². The highest BCUT2D eigenvalue weighted by molar-refractivity contribution is 7.86. The molecule has 0 fully saturated rings. The van der Waals surface area contributed by atoms with E-state index < -0.39 is 21.7 Å². The van der Waals surface area contributed by atoms with Crippen LogP contribution in [0.3, 0.4) is 0 Å². The first-order valence-electron chi connectivity index (χ1n) is 3.10. The Morgan fingerprint density at radius 3 is 2.09 bits per heavy atom. The Labute approximate surface area is 65.7 Å². The molecule has 0 aliphatic rings. The summed E-state index contributed by atoms with van der Waals surface area (Å²) >= 11 is 0. The summed E-state index contributed by atoms with van der Waals surface area (Å²) in [4.78, 5) is 0. The largest absolute Gasteiger partial charge is 0.378 e. The molecule has 0 bridgehead atoms. The van der Waals surface area contributed by atoms with Gasteiger partial charge in [-0.2, -0.15) is 8.42 Å². The van der Waals surface area contributed by atoms with Crippen LogP contribution in [-0.4, -0.2) is 36.7 Å². The Kier molecular flexibility index (Phi) is 3.95. The van der Waals surface area contributed by atoms with Crippen molar-refractivity contribution in [1.29, 1.82) is 0 Å². The van der Waals surface area contributed by atoms with Gasteiger partial charge in [-0.3, -0.25) is 4.55 Å². The fraction of sp³-hybridized carbons (Fsp3) is 1.00. The van der Waals surface area contributed by atoms with Crippen molar-refractivity contribution in [2.24, 2.45) is 0 Å². The topological polar surface area (TPSA) is 83.8 Å². The van der Waals surface area contributed by atoms with Crippen LogP contribution in [0.25, 0.3) is 0 Å². The van der Waals surface area contributed by atoms with Crippen molar-refractivity contribution in [1.82, 2.24) is 0 Å². The van der Waals surface area contributed by atoms with Gasteiger partial charge in [-0.1, -0.05) is 6.92 Å². The SMILES string of the molecule is CCC(OC)C(O)S(=O)(=O)O. The summed E-state index contributed by atoms with van der Waals surface area (Å²) in [6.07, 6.45) is -0.553. The summed E-state index contributed by atoms with van der Waals surface area (Å²) in [5, 5.41) is 8.88. The summed E-state index contributed by atoms with van der Waals surface area (Å²) in [5.74, 6) is 0. The van der Waals surface area contributed by atoms with E-state index in [-0.39, 0.29) is 0 Å². The van der Waals surface area contributed by atoms with Crippen LogP contribution < -0.4 is 0 Å². The van der Waals surface area contributed by atoms with E-state index in [0.717, 1.165) is 0 Å². The number of aliphatic hydroxyl groups excluding tert-OH is 1. The maximum atomic E-state index is 10.3. The third-order valence-electron chi connectivity index (χ3n) is 1.33. The van der Waals surface area contributed by atoms with E-state index in [1.807, 2.05) is 0 Å². The van der Waals surface area contributed by atoms with Crippen molar-refractivity contribution in [3.63, 3.8) is 0 Å². The lowest BCUT2D eigenvalue weighted by molar-refractivity contribution is 0.0216. The highest BCUT2D eigenvalue weighted by atomic mass is 32.2. The molecule has 5 nitrogen and oxygen atoms in total. The van der Waals surface area contributed by atoms with Crippen molar-refractivity contribution in [3.8, 4) is 0 Å². The van der Waals surface area contributed by atoms with Crippen molar-refractivity contribution in [2.45, 2.75) is 24.9 Å². The number of methoxy groups -OCH3 is 1. The molecule has 0 aromatic heterocycles. The first kappa shape index (κ1) is 10.8. The van der Waals surface area contributed by atoms with Gasteiger partial charge in [0, 0.05) is 7.11 Å². The van der Waals surface area contributed by atoms with Crippen LogP contribution in [0.2, 0.25) is 0 Å². The fourth-order valence-corrected chi connectivity index (χ4v) is 1.36. The highest BCUT2D eigenvalue weighted by Crippen LogP contribution is 2.07. The van der Waals surface area contributed by atoms with Gasteiger partial charge in [0.05, 0.1) is 6.10 Å². The molecule has 2 N–H and O–H groups in total. The van der Waals surface area contributed by atoms with Crippen LogP contribution in [0.4, 0.5) is 0 Å². The van der Waals surface area contributed by atoms with E-state index in [1.165, 1.54) is 7.11 Å². The maximum Gasteiger partial charge on any atom is 0.294 e. The molecule has 0 rings (SSSR count). The zero-order chi connectivity index (χ0) is 9.07. The average Bonchev–Trinajstić information content (AvgIpc) is 1.88. The molecule has 68 valence electrons. The average molecular weight is 184 g/mol. The molecule has 0 spiro atoms. The van der Waals surface area contributed by atoms with E-state index >= 15 is 0 Å². The van der Waals surface area contributed by atoms with E-state index in [2.05, 4.69) is 4.74 Å². The molecule has 2 atom stereocenters. The normalized spacial score (nSPS) is 17.8. The standard InChI is InChI=1S/C5H12O5S/c1-3-4(10-2)5(6)11(7,8)9/h4-6H,3H2,1-2H3,(H,7,8,9). The van der Waals surface area contributed by atoms with Gasteiger partial charge >= 0.3 is 0 Å². The molecule has 0 saturated heterocycles. The second-order valence-electron chi connectivity index (χ2n) is 2.09. The summed E-state index contributed by atoms with van der Waals surface area (Å²) in [6.45, 7) is 1.64. The molecule has 0 aliphatic carbocycles. The third kappa shape index (κ3) is 3.15. The second kappa shape index (κ2) is 4.01. The Bertz CT molecular complexity index is 193. The van der Waals surface area contributed by atoms with Gasteiger partial charge in [0.2, 0.25) is 5.44 Å². The number of rotatable bonds is 4. The van der Waals surface area contributed by atoms with E-state index in [9.17, 15) is 8.42 Å². The lowest BCUT2D eigenvalue weighted by Gasteiger charge is -2.16. The molecule has 11 heavy (non-hydrogen) atoms. The van der Waals surface area contributed by atoms with Crippen LogP contribution >= 0.6 is 0 Å². The molecule has 0 saturated carbocycles. The van der Waals surface area contributed by atoms with E-state index in [4.69, 9.17) is 9.66 Å². The fourth-order valence-electron chi connectivity index (χ4n) is 0.677. The number of aliphatic hydroxyl groups is 1. The number of hydrogen-bond donors (Lipinski definition) is 2. The predicted molar refractivity (Wildman–Crippen MR) is 38.6 cm³/mol. The van der Waals surface area contributed by atoms with Gasteiger partial charge in [-0.25, -0.2) is 0 Å². The lowest BCUT2D eigenvalue weighted by atomic mass is 10.3. The van der Waals surface area contributed by atoms with Crippen molar-refractivity contribution in [2.75, 3.05) is 7.11 Å². The van der Waals surface area contributed by atoms with E-state index in [0.29, 0.717) is 6.42 Å². The zero-order valence-corrected chi connectivity index (χ0v) is 7.21. The molecule has 6 heteroatoms. The van der Waals surface area contributed by atoms with Crippen LogP contribution in [0.5, 0.6) is 0 Å². The first-order valence-corrected chi connectivity index (χ1v) is 4.61. The minimum atomic E-state index is -4.40. The third-order valence-corrected chi connectivity index (χ3v) is 2.24. The van der Waals surface area contributed by atoms with Crippen molar-refractivity contribution >= 4 is 10.1 Å². The molecule has 0 aromatic rings. The van der Waals surface area contributed by atoms with Gasteiger partial charge < -0.3 is 9.84 Å². The number of ether oxygens (including phenoxy) is 1. The minimum absolute atomic E-state index is 0.317. The summed E-state index contributed by atoms with van der Waals surface area (Å²) in [5.41, 5.74) is -1.85. The van der Waals surface area contributed by atoms with Gasteiger partial charge in [0.1, 0.15) is 0 Å². The summed E-state index contributed by atoms with van der Waals surface area (Å²) in [6, 6.07) is 0. The monoisotopic (exact) mass is 184 g/mol. The Balaban J connectivity index is 4.33. The zero-order valence-electron chi connectivity index (χ0n) is 6.39. The van der Waals surface area contributed by atoms with Gasteiger partial charge in [0.25, 0.3) is 10.1 Å². The molecule has 0 aliphatic heterocycles. The van der Waals surface area contributed by atoms with Crippen LogP contribution in [-0.2, 0) is 14.9 Å². The first-order chi connectivity index (χ1) is 4.93. The molecular formula is C5H12O5S. The smallest absolute Gasteiger partial charge is 0.294 e. The lowest BCUT2D eigenvalue weighted by Crippen LogP contribution is -2.34. The van der Waals surface area contributed by atoms with Crippen LogP contribution in [0.1, 0.15) is 13.3 Å². The molecular weight excluding hydrogens is 172 g/mol. The second-order valence-corrected chi connectivity index (χ2v) is 3.60. The Hall–Kier alpha value is -0.170. The highest BCUT2D eigenvalue weighted by Gasteiger charge is 2.28. The molecule has 0 heterocycles. The number of hydrogen-bond acceptors (Lipinski definition) is 4. The van der Waals surface area contributed by atoms with Crippen molar-refractivity contribution < 1.29 is 22.8 Å². The van der Waals surface area contributed by atoms with Crippen LogP contribution in [0, 0.1) is 0 Å². The van der Waals surface area contributed by atoms with E-state index in [1.54, 1.807) is 6.92 Å². The van der Waals surface area contributed by atoms with Crippen LogP contribution in [0.15, 0.2) is 0 Å². The van der Waals surface area contributed by atoms with Gasteiger partial charge in [0.15, 0.2) is 0 Å². The maximum absolute atomic E-state index is 10.3. The quantitative estimate of drug-likeness (QED) is 0.582. The minimum Gasteiger partial charge on any atom is -0.378 e.